The van der Waals surface area contributed by atoms with E-state index in [1.807, 2.05) is 18.2 Å². The van der Waals surface area contributed by atoms with Crippen LogP contribution < -0.4 is 10.6 Å². The van der Waals surface area contributed by atoms with Crippen LogP contribution in [0.25, 0.3) is 0 Å². The van der Waals surface area contributed by atoms with Crippen molar-refractivity contribution in [3.8, 4) is 0 Å². The summed E-state index contributed by atoms with van der Waals surface area (Å²) in [5.74, 6) is 0.540. The minimum Gasteiger partial charge on any atom is -0.465 e. The van der Waals surface area contributed by atoms with Gasteiger partial charge in [0.2, 0.25) is 5.95 Å². The number of hydrogen-bond acceptors (Lipinski definition) is 7. The van der Waals surface area contributed by atoms with Crippen LogP contribution in [0.5, 0.6) is 0 Å². The quantitative estimate of drug-likeness (QED) is 0.641. The Bertz CT molecular complexity index is 905. The second-order valence-electron chi connectivity index (χ2n) is 5.25. The zero-order chi connectivity index (χ0) is 18.4. The lowest BCUT2D eigenvalue weighted by molar-refractivity contribution is 0.0601. The summed E-state index contributed by atoms with van der Waals surface area (Å²) in [6, 6.07) is 12.2. The second-order valence-corrected chi connectivity index (χ2v) is 5.66. The van der Waals surface area contributed by atoms with Gasteiger partial charge in [-0.15, -0.1) is 0 Å². The zero-order valence-corrected chi connectivity index (χ0v) is 14.7. The summed E-state index contributed by atoms with van der Waals surface area (Å²) in [6.45, 7) is 0.503. The van der Waals surface area contributed by atoms with Crippen LogP contribution in [-0.2, 0) is 11.3 Å². The Morgan fingerprint density at radius 3 is 2.81 bits per heavy atom. The monoisotopic (exact) mass is 369 g/mol. The molecule has 0 aliphatic carbocycles. The molecule has 2 aromatic heterocycles. The Morgan fingerprint density at radius 2 is 2.04 bits per heavy atom. The number of halogens is 1. The Morgan fingerprint density at radius 1 is 1.15 bits per heavy atom. The summed E-state index contributed by atoms with van der Waals surface area (Å²) in [5.41, 5.74) is 1.81. The van der Waals surface area contributed by atoms with Crippen molar-refractivity contribution in [3.05, 3.63) is 71.1 Å². The number of anilines is 3. The number of hydrogen-bond donors (Lipinski definition) is 2. The van der Waals surface area contributed by atoms with Crippen LogP contribution in [0.15, 0.2) is 54.9 Å². The molecule has 0 fully saturated rings. The van der Waals surface area contributed by atoms with Crippen molar-refractivity contribution < 1.29 is 9.53 Å². The third kappa shape index (κ3) is 4.46. The third-order valence-electron chi connectivity index (χ3n) is 3.46. The van der Waals surface area contributed by atoms with Gasteiger partial charge in [0, 0.05) is 12.4 Å². The van der Waals surface area contributed by atoms with E-state index in [-0.39, 0.29) is 0 Å². The first-order chi connectivity index (χ1) is 12.7. The van der Waals surface area contributed by atoms with Crippen LogP contribution in [0, 0.1) is 0 Å². The van der Waals surface area contributed by atoms with Gasteiger partial charge in [-0.3, -0.25) is 4.98 Å². The molecular formula is C18H16ClN5O2. The molecular weight excluding hydrogens is 354 g/mol. The molecule has 0 saturated heterocycles. The van der Waals surface area contributed by atoms with Gasteiger partial charge in [-0.05, 0) is 36.4 Å². The molecule has 0 radical (unpaired) electrons. The molecule has 7 nitrogen and oxygen atoms in total. The average molecular weight is 370 g/mol. The van der Waals surface area contributed by atoms with Crippen LogP contribution in [0.1, 0.15) is 16.1 Å². The molecule has 2 N–H and O–H groups in total. The summed E-state index contributed by atoms with van der Waals surface area (Å²) < 4.78 is 4.72. The Hall–Kier alpha value is -3.19. The molecule has 0 aliphatic heterocycles. The van der Waals surface area contributed by atoms with E-state index in [1.54, 1.807) is 36.7 Å². The number of benzene rings is 1. The molecule has 0 aliphatic rings. The van der Waals surface area contributed by atoms with Crippen molar-refractivity contribution >= 4 is 35.0 Å². The number of nitrogens with zero attached hydrogens (tertiary/aromatic N) is 3. The van der Waals surface area contributed by atoms with Crippen molar-refractivity contribution in [2.24, 2.45) is 0 Å². The van der Waals surface area contributed by atoms with E-state index < -0.39 is 5.97 Å². The van der Waals surface area contributed by atoms with E-state index in [2.05, 4.69) is 25.6 Å². The van der Waals surface area contributed by atoms with Gasteiger partial charge in [0.05, 0.1) is 35.6 Å². The molecule has 132 valence electrons. The van der Waals surface area contributed by atoms with E-state index in [9.17, 15) is 4.79 Å². The molecule has 0 bridgehead atoms. The normalized spacial score (nSPS) is 10.2. The molecule has 8 heteroatoms. The smallest absolute Gasteiger partial charge is 0.337 e. The largest absolute Gasteiger partial charge is 0.465 e. The molecule has 2 heterocycles. The van der Waals surface area contributed by atoms with Crippen molar-refractivity contribution in [2.45, 2.75) is 6.54 Å². The van der Waals surface area contributed by atoms with Gasteiger partial charge in [-0.2, -0.15) is 4.98 Å². The topological polar surface area (TPSA) is 89.0 Å². The Kier molecular flexibility index (Phi) is 5.60. The standard InChI is InChI=1S/C18H16ClN5O2/c1-26-17(25)12-5-6-14(19)15(10-12)23-16-7-9-21-18(24-16)22-11-13-4-2-3-8-20-13/h2-10H,11H2,1H3,(H2,21,22,23,24). The predicted octanol–water partition coefficient (Wildman–Crippen LogP) is 3.67. The van der Waals surface area contributed by atoms with Gasteiger partial charge >= 0.3 is 5.97 Å². The first kappa shape index (κ1) is 17.6. The molecule has 3 aromatic rings. The lowest BCUT2D eigenvalue weighted by Crippen LogP contribution is -2.06. The third-order valence-corrected chi connectivity index (χ3v) is 3.79. The highest BCUT2D eigenvalue weighted by Crippen LogP contribution is 2.26. The molecule has 0 unspecified atom stereocenters. The van der Waals surface area contributed by atoms with Gasteiger partial charge in [-0.1, -0.05) is 17.7 Å². The van der Waals surface area contributed by atoms with Gasteiger partial charge in [0.25, 0.3) is 0 Å². The molecule has 3 rings (SSSR count). The van der Waals surface area contributed by atoms with Gasteiger partial charge in [-0.25, -0.2) is 9.78 Å². The number of ether oxygens (including phenoxy) is 1. The summed E-state index contributed by atoms with van der Waals surface area (Å²) in [4.78, 5) is 24.5. The Labute approximate surface area is 155 Å². The molecule has 0 spiro atoms. The van der Waals surface area contributed by atoms with Gasteiger partial charge in [0.1, 0.15) is 5.82 Å². The predicted molar refractivity (Wildman–Crippen MR) is 99.7 cm³/mol. The van der Waals surface area contributed by atoms with Crippen molar-refractivity contribution in [3.63, 3.8) is 0 Å². The molecule has 0 atom stereocenters. The molecule has 26 heavy (non-hydrogen) atoms. The number of carbonyl (C=O) groups excluding carboxylic acids is 1. The fourth-order valence-electron chi connectivity index (χ4n) is 2.19. The summed E-state index contributed by atoms with van der Waals surface area (Å²) in [5, 5.41) is 6.65. The number of carbonyl (C=O) groups is 1. The molecule has 0 saturated carbocycles. The minimum absolute atomic E-state index is 0.391. The number of esters is 1. The summed E-state index contributed by atoms with van der Waals surface area (Å²) in [7, 11) is 1.33. The minimum atomic E-state index is -0.440. The fourth-order valence-corrected chi connectivity index (χ4v) is 2.35. The number of nitrogens with one attached hydrogen (secondary N) is 2. The highest BCUT2D eigenvalue weighted by Gasteiger charge is 2.10. The van der Waals surface area contributed by atoms with Crippen LogP contribution in [-0.4, -0.2) is 28.0 Å². The second kappa shape index (κ2) is 8.26. The SMILES string of the molecule is COC(=O)c1ccc(Cl)c(Nc2ccnc(NCc3ccccn3)n2)c1. The number of aromatic nitrogens is 3. The van der Waals surface area contributed by atoms with E-state index >= 15 is 0 Å². The maximum absolute atomic E-state index is 11.7. The van der Waals surface area contributed by atoms with E-state index in [4.69, 9.17) is 16.3 Å². The van der Waals surface area contributed by atoms with E-state index in [1.165, 1.54) is 7.11 Å². The summed E-state index contributed by atoms with van der Waals surface area (Å²) >= 11 is 6.19. The maximum atomic E-state index is 11.7. The van der Waals surface area contributed by atoms with E-state index in [0.717, 1.165) is 5.69 Å². The lowest BCUT2D eigenvalue weighted by atomic mass is 10.2. The first-order valence-corrected chi connectivity index (χ1v) is 8.15. The molecule has 1 aromatic carbocycles. The Balaban J connectivity index is 1.73. The van der Waals surface area contributed by atoms with Crippen molar-refractivity contribution in [1.82, 2.24) is 15.0 Å². The lowest BCUT2D eigenvalue weighted by Gasteiger charge is -2.10. The number of rotatable bonds is 6. The van der Waals surface area contributed by atoms with Crippen LogP contribution in [0.2, 0.25) is 5.02 Å². The maximum Gasteiger partial charge on any atom is 0.337 e. The average Bonchev–Trinajstić information content (AvgIpc) is 2.68. The summed E-state index contributed by atoms with van der Waals surface area (Å²) in [6.07, 6.45) is 3.35. The van der Waals surface area contributed by atoms with Gasteiger partial charge in [0.15, 0.2) is 0 Å². The van der Waals surface area contributed by atoms with Gasteiger partial charge < -0.3 is 15.4 Å². The van der Waals surface area contributed by atoms with Crippen LogP contribution >= 0.6 is 11.6 Å². The van der Waals surface area contributed by atoms with Crippen molar-refractivity contribution in [1.29, 1.82) is 0 Å². The van der Waals surface area contributed by atoms with E-state index in [0.29, 0.717) is 34.6 Å². The van der Waals surface area contributed by atoms with Crippen molar-refractivity contribution in [2.75, 3.05) is 17.7 Å². The van der Waals surface area contributed by atoms with Crippen LogP contribution in [0.3, 0.4) is 0 Å². The molecule has 0 amide bonds. The number of methoxy groups -OCH3 is 1. The number of pyridine rings is 1. The van der Waals surface area contributed by atoms with Crippen LogP contribution in [0.4, 0.5) is 17.5 Å². The highest BCUT2D eigenvalue weighted by atomic mass is 35.5. The highest BCUT2D eigenvalue weighted by molar-refractivity contribution is 6.33. The first-order valence-electron chi connectivity index (χ1n) is 7.77. The zero-order valence-electron chi connectivity index (χ0n) is 13.9. The fraction of sp³-hybridized carbons (Fsp3) is 0.111.